The molecule has 3 heteroatoms. The molecule has 0 radical (unpaired) electrons. The van der Waals surface area contributed by atoms with Crippen LogP contribution >= 0.6 is 15.9 Å². The number of fused-ring (bicyclic) bond motifs is 1. The topological polar surface area (TPSA) is 15.3 Å². The van der Waals surface area contributed by atoms with Crippen LogP contribution in [-0.4, -0.2) is 30.1 Å². The van der Waals surface area contributed by atoms with Gasteiger partial charge >= 0.3 is 0 Å². The van der Waals surface area contributed by atoms with Crippen molar-refractivity contribution < 1.29 is 0 Å². The number of hydrogen-bond acceptors (Lipinski definition) is 2. The highest BCUT2D eigenvalue weighted by Gasteiger charge is 2.37. The van der Waals surface area contributed by atoms with E-state index in [0.717, 1.165) is 6.04 Å². The number of aryl methyl sites for hydroxylation is 1. The van der Waals surface area contributed by atoms with E-state index in [1.54, 1.807) is 0 Å². The number of hydrogen-bond donors (Lipinski definition) is 1. The summed E-state index contributed by atoms with van der Waals surface area (Å²) in [4.78, 5) is 2.64. The predicted molar refractivity (Wildman–Crippen MR) is 75.5 cm³/mol. The van der Waals surface area contributed by atoms with E-state index < -0.39 is 0 Å². The van der Waals surface area contributed by atoms with Crippen molar-refractivity contribution in [2.24, 2.45) is 0 Å². The zero-order valence-electron chi connectivity index (χ0n) is 10.2. The summed E-state index contributed by atoms with van der Waals surface area (Å²) in [5.74, 6) is 0. The van der Waals surface area contributed by atoms with Gasteiger partial charge in [0.25, 0.3) is 0 Å². The second kappa shape index (κ2) is 4.62. The van der Waals surface area contributed by atoms with Gasteiger partial charge in [-0.05, 0) is 60.3 Å². The van der Waals surface area contributed by atoms with Gasteiger partial charge < -0.3 is 5.32 Å². The summed E-state index contributed by atoms with van der Waals surface area (Å²) in [7, 11) is 0. The molecule has 1 N–H and O–H groups in total. The van der Waals surface area contributed by atoms with Gasteiger partial charge in [0.1, 0.15) is 0 Å². The van der Waals surface area contributed by atoms with Crippen LogP contribution in [0.3, 0.4) is 0 Å². The summed E-state index contributed by atoms with van der Waals surface area (Å²) in [6.07, 6.45) is 4.02. The first-order valence-corrected chi connectivity index (χ1v) is 7.31. The molecule has 3 rings (SSSR count). The lowest BCUT2D eigenvalue weighted by Gasteiger charge is -2.23. The zero-order chi connectivity index (χ0) is 11.8. The van der Waals surface area contributed by atoms with Crippen LogP contribution in [0.1, 0.15) is 24.8 Å². The highest BCUT2D eigenvalue weighted by Crippen LogP contribution is 2.33. The fraction of sp³-hybridized carbons (Fsp3) is 0.571. The highest BCUT2D eigenvalue weighted by atomic mass is 79.9. The molecule has 0 aliphatic carbocycles. The summed E-state index contributed by atoms with van der Waals surface area (Å²) < 4.78 is 1.22. The summed E-state index contributed by atoms with van der Waals surface area (Å²) in [6.45, 7) is 4.72. The standard InChI is InChI=1S/C14H19BrN2/c1-10-4-2-5-12(14(10)15)16-11-7-9-17-8-3-6-13(11)17/h2,4-5,11,13,16H,3,6-9H2,1H3. The largest absolute Gasteiger partial charge is 0.380 e. The van der Waals surface area contributed by atoms with Crippen molar-refractivity contribution in [1.29, 1.82) is 0 Å². The molecule has 2 unspecified atom stereocenters. The molecule has 92 valence electrons. The molecular weight excluding hydrogens is 276 g/mol. The van der Waals surface area contributed by atoms with Crippen molar-refractivity contribution in [3.63, 3.8) is 0 Å². The maximum atomic E-state index is 3.73. The van der Waals surface area contributed by atoms with E-state index in [4.69, 9.17) is 0 Å². The number of anilines is 1. The average Bonchev–Trinajstić information content (AvgIpc) is 2.89. The molecule has 0 bridgehead atoms. The second-order valence-electron chi connectivity index (χ2n) is 5.22. The van der Waals surface area contributed by atoms with Gasteiger partial charge in [-0.25, -0.2) is 0 Å². The van der Waals surface area contributed by atoms with Crippen LogP contribution in [0.15, 0.2) is 22.7 Å². The van der Waals surface area contributed by atoms with Crippen LogP contribution in [-0.2, 0) is 0 Å². The maximum absolute atomic E-state index is 3.73. The summed E-state index contributed by atoms with van der Waals surface area (Å²) in [5, 5.41) is 3.73. The Hall–Kier alpha value is -0.540. The lowest BCUT2D eigenvalue weighted by Crippen LogP contribution is -2.33. The Morgan fingerprint density at radius 2 is 2.18 bits per heavy atom. The van der Waals surface area contributed by atoms with Gasteiger partial charge in [-0.3, -0.25) is 4.90 Å². The Morgan fingerprint density at radius 1 is 1.29 bits per heavy atom. The Labute approximate surface area is 112 Å². The third kappa shape index (κ3) is 2.11. The Bertz CT molecular complexity index is 419. The van der Waals surface area contributed by atoms with Crippen LogP contribution in [0, 0.1) is 6.92 Å². The highest BCUT2D eigenvalue weighted by molar-refractivity contribution is 9.10. The smallest absolute Gasteiger partial charge is 0.0490 e. The molecular formula is C14H19BrN2. The predicted octanol–water partition coefficient (Wildman–Crippen LogP) is 3.41. The van der Waals surface area contributed by atoms with Gasteiger partial charge in [0, 0.05) is 28.8 Å². The van der Waals surface area contributed by atoms with Crippen molar-refractivity contribution in [2.75, 3.05) is 18.4 Å². The molecule has 0 aromatic heterocycles. The Kier molecular flexibility index (Phi) is 3.14. The number of benzene rings is 1. The molecule has 1 aromatic rings. The van der Waals surface area contributed by atoms with E-state index in [2.05, 4.69) is 51.3 Å². The molecule has 1 aromatic carbocycles. The normalized spacial score (nSPS) is 28.4. The summed E-state index contributed by atoms with van der Waals surface area (Å²) in [6, 6.07) is 7.85. The number of nitrogens with one attached hydrogen (secondary N) is 1. The Morgan fingerprint density at radius 3 is 3.06 bits per heavy atom. The minimum absolute atomic E-state index is 0.635. The van der Waals surface area contributed by atoms with Crippen molar-refractivity contribution in [2.45, 2.75) is 38.3 Å². The fourth-order valence-corrected chi connectivity index (χ4v) is 3.59. The third-order valence-electron chi connectivity index (χ3n) is 4.14. The van der Waals surface area contributed by atoms with Gasteiger partial charge in [0.2, 0.25) is 0 Å². The number of halogens is 1. The first-order chi connectivity index (χ1) is 8.25. The van der Waals surface area contributed by atoms with Gasteiger partial charge in [-0.15, -0.1) is 0 Å². The molecule has 2 fully saturated rings. The van der Waals surface area contributed by atoms with E-state index in [1.165, 1.54) is 48.1 Å². The van der Waals surface area contributed by atoms with Gasteiger partial charge in [-0.1, -0.05) is 12.1 Å². The quantitative estimate of drug-likeness (QED) is 0.899. The van der Waals surface area contributed by atoms with E-state index in [-0.39, 0.29) is 0 Å². The Balaban J connectivity index is 1.76. The monoisotopic (exact) mass is 294 g/mol. The maximum Gasteiger partial charge on any atom is 0.0490 e. The molecule has 0 amide bonds. The third-order valence-corrected chi connectivity index (χ3v) is 5.19. The van der Waals surface area contributed by atoms with Crippen LogP contribution in [0.25, 0.3) is 0 Å². The lowest BCUT2D eigenvalue weighted by molar-refractivity contribution is 0.318. The van der Waals surface area contributed by atoms with E-state index in [1.807, 2.05) is 0 Å². The minimum Gasteiger partial charge on any atom is -0.380 e. The van der Waals surface area contributed by atoms with Crippen molar-refractivity contribution in [3.8, 4) is 0 Å². The van der Waals surface area contributed by atoms with Crippen LogP contribution in [0.4, 0.5) is 5.69 Å². The summed E-state index contributed by atoms with van der Waals surface area (Å²) in [5.41, 5.74) is 2.56. The fourth-order valence-electron chi connectivity index (χ4n) is 3.21. The second-order valence-corrected chi connectivity index (χ2v) is 6.01. The molecule has 2 heterocycles. The van der Waals surface area contributed by atoms with E-state index >= 15 is 0 Å². The molecule has 2 nitrogen and oxygen atoms in total. The van der Waals surface area contributed by atoms with Crippen molar-refractivity contribution in [3.05, 3.63) is 28.2 Å². The number of nitrogens with zero attached hydrogens (tertiary/aromatic N) is 1. The van der Waals surface area contributed by atoms with Crippen LogP contribution in [0.2, 0.25) is 0 Å². The molecule has 2 aliphatic heterocycles. The molecule has 0 spiro atoms. The zero-order valence-corrected chi connectivity index (χ0v) is 11.8. The lowest BCUT2D eigenvalue weighted by atomic mass is 10.1. The molecule has 17 heavy (non-hydrogen) atoms. The average molecular weight is 295 g/mol. The van der Waals surface area contributed by atoms with E-state index in [0.29, 0.717) is 6.04 Å². The van der Waals surface area contributed by atoms with Crippen LogP contribution < -0.4 is 5.32 Å². The van der Waals surface area contributed by atoms with Gasteiger partial charge in [0.05, 0.1) is 0 Å². The van der Waals surface area contributed by atoms with Gasteiger partial charge in [-0.2, -0.15) is 0 Å². The molecule has 0 saturated carbocycles. The molecule has 2 saturated heterocycles. The molecule has 2 atom stereocenters. The van der Waals surface area contributed by atoms with Gasteiger partial charge in [0.15, 0.2) is 0 Å². The first-order valence-electron chi connectivity index (χ1n) is 6.51. The van der Waals surface area contributed by atoms with Crippen molar-refractivity contribution in [1.82, 2.24) is 4.90 Å². The SMILES string of the molecule is Cc1cccc(NC2CCN3CCCC23)c1Br. The number of rotatable bonds is 2. The van der Waals surface area contributed by atoms with Crippen molar-refractivity contribution >= 4 is 21.6 Å². The first kappa shape index (κ1) is 11.5. The molecule has 2 aliphatic rings. The minimum atomic E-state index is 0.635. The summed E-state index contributed by atoms with van der Waals surface area (Å²) >= 11 is 3.68. The van der Waals surface area contributed by atoms with E-state index in [9.17, 15) is 0 Å². The van der Waals surface area contributed by atoms with Crippen LogP contribution in [0.5, 0.6) is 0 Å².